The quantitative estimate of drug-likeness (QED) is 0.652. The fraction of sp³-hybridized carbons (Fsp3) is 0.292. The molecule has 1 heterocycles. The largest absolute Gasteiger partial charge is 0.352 e. The zero-order valence-corrected chi connectivity index (χ0v) is 17.9. The van der Waals surface area contributed by atoms with E-state index in [9.17, 15) is 9.59 Å². The maximum Gasteiger partial charge on any atom is 0.257 e. The number of nitrogens with one attached hydrogen (secondary N) is 2. The second-order valence-corrected chi connectivity index (χ2v) is 8.44. The fourth-order valence-corrected chi connectivity index (χ4v) is 3.04. The van der Waals surface area contributed by atoms with E-state index in [2.05, 4.69) is 15.5 Å². The average Bonchev–Trinajstić information content (AvgIpc) is 3.21. The summed E-state index contributed by atoms with van der Waals surface area (Å²) in [4.78, 5) is 26.7. The van der Waals surface area contributed by atoms with Crippen molar-refractivity contribution in [2.24, 2.45) is 5.41 Å². The number of benzene rings is 2. The van der Waals surface area contributed by atoms with Gasteiger partial charge in [0.15, 0.2) is 0 Å². The highest BCUT2D eigenvalue weighted by molar-refractivity contribution is 5.99. The van der Waals surface area contributed by atoms with Gasteiger partial charge in [0.05, 0.1) is 17.5 Å². The Morgan fingerprint density at radius 2 is 1.67 bits per heavy atom. The van der Waals surface area contributed by atoms with E-state index >= 15 is 0 Å². The van der Waals surface area contributed by atoms with E-state index in [-0.39, 0.29) is 11.8 Å². The molecular weight excluding hydrogens is 376 g/mol. The van der Waals surface area contributed by atoms with Crippen LogP contribution < -0.4 is 5.32 Å². The predicted octanol–water partition coefficient (Wildman–Crippen LogP) is 4.01. The lowest BCUT2D eigenvalue weighted by atomic mass is 9.95. The molecule has 30 heavy (non-hydrogen) atoms. The molecule has 3 aromatic rings. The number of aromatic nitrogens is 2. The van der Waals surface area contributed by atoms with Crippen LogP contribution in [0.4, 0.5) is 0 Å². The molecule has 2 aromatic carbocycles. The smallest absolute Gasteiger partial charge is 0.257 e. The van der Waals surface area contributed by atoms with E-state index < -0.39 is 5.41 Å². The first-order chi connectivity index (χ1) is 14.3. The molecule has 0 atom stereocenters. The minimum Gasteiger partial charge on any atom is -0.352 e. The van der Waals surface area contributed by atoms with Crippen LogP contribution >= 0.6 is 0 Å². The number of rotatable bonds is 6. The Hall–Kier alpha value is -3.41. The molecule has 6 heteroatoms. The second-order valence-electron chi connectivity index (χ2n) is 8.44. The monoisotopic (exact) mass is 404 g/mol. The molecule has 1 aromatic heterocycles. The third kappa shape index (κ3) is 5.14. The summed E-state index contributed by atoms with van der Waals surface area (Å²) in [6, 6.07) is 17.6. The highest BCUT2D eigenvalue weighted by Crippen LogP contribution is 2.23. The number of hydrogen-bond acceptors (Lipinski definition) is 3. The van der Waals surface area contributed by atoms with E-state index in [1.807, 2.05) is 75.4 Å². The minimum atomic E-state index is -0.420. The third-order valence-corrected chi connectivity index (χ3v) is 4.86. The molecule has 0 aliphatic carbocycles. The van der Waals surface area contributed by atoms with Crippen molar-refractivity contribution in [3.8, 4) is 11.3 Å². The van der Waals surface area contributed by atoms with Gasteiger partial charge in [0.25, 0.3) is 5.91 Å². The summed E-state index contributed by atoms with van der Waals surface area (Å²) in [6.07, 6.45) is 1.57. The topological polar surface area (TPSA) is 78.1 Å². The van der Waals surface area contributed by atoms with Gasteiger partial charge in [0, 0.05) is 31.1 Å². The van der Waals surface area contributed by atoms with E-state index in [0.29, 0.717) is 24.3 Å². The van der Waals surface area contributed by atoms with Crippen molar-refractivity contribution >= 4 is 11.8 Å². The van der Waals surface area contributed by atoms with Crippen LogP contribution in [0.25, 0.3) is 11.3 Å². The lowest BCUT2D eigenvalue weighted by molar-refractivity contribution is -0.128. The molecular formula is C24H28N4O2. The zero-order valence-electron chi connectivity index (χ0n) is 17.9. The first-order valence-corrected chi connectivity index (χ1v) is 9.96. The van der Waals surface area contributed by atoms with Gasteiger partial charge in [-0.25, -0.2) is 0 Å². The Balaban J connectivity index is 1.70. The lowest BCUT2D eigenvalue weighted by Crippen LogP contribution is -2.34. The molecule has 0 aliphatic heterocycles. The highest BCUT2D eigenvalue weighted by atomic mass is 16.2. The third-order valence-electron chi connectivity index (χ3n) is 4.86. The standard InChI is InChI=1S/C24H28N4O2/c1-24(2,3)23(30)25-14-17-10-12-19(13-11-17)21-20(15-26-27-21)22(29)28(4)16-18-8-6-5-7-9-18/h5-13,15H,14,16H2,1-4H3,(H,25,30)(H,26,27). The Morgan fingerprint density at radius 3 is 2.30 bits per heavy atom. The SMILES string of the molecule is CN(Cc1ccccc1)C(=O)c1cn[nH]c1-c1ccc(CNC(=O)C(C)(C)C)cc1. The summed E-state index contributed by atoms with van der Waals surface area (Å²) < 4.78 is 0. The lowest BCUT2D eigenvalue weighted by Gasteiger charge is -2.18. The van der Waals surface area contributed by atoms with Gasteiger partial charge in [-0.05, 0) is 11.1 Å². The van der Waals surface area contributed by atoms with Crippen molar-refractivity contribution < 1.29 is 9.59 Å². The van der Waals surface area contributed by atoms with Crippen LogP contribution in [0.3, 0.4) is 0 Å². The van der Waals surface area contributed by atoms with Crippen molar-refractivity contribution in [3.63, 3.8) is 0 Å². The van der Waals surface area contributed by atoms with Crippen LogP contribution in [0.2, 0.25) is 0 Å². The van der Waals surface area contributed by atoms with Crippen LogP contribution in [0.15, 0.2) is 60.8 Å². The maximum absolute atomic E-state index is 13.0. The molecule has 156 valence electrons. The Labute approximate surface area is 177 Å². The van der Waals surface area contributed by atoms with Crippen LogP contribution in [0.5, 0.6) is 0 Å². The minimum absolute atomic E-state index is 0.00878. The normalized spacial score (nSPS) is 11.2. The number of carbonyl (C=O) groups excluding carboxylic acids is 2. The van der Waals surface area contributed by atoms with Crippen LogP contribution in [-0.2, 0) is 17.9 Å². The summed E-state index contributed by atoms with van der Waals surface area (Å²) in [5.41, 5.74) is 3.73. The number of nitrogens with zero attached hydrogens (tertiary/aromatic N) is 2. The van der Waals surface area contributed by atoms with Gasteiger partial charge in [0.2, 0.25) is 5.91 Å². The van der Waals surface area contributed by atoms with Gasteiger partial charge < -0.3 is 10.2 Å². The summed E-state index contributed by atoms with van der Waals surface area (Å²) in [7, 11) is 1.78. The second kappa shape index (κ2) is 8.95. The predicted molar refractivity (Wildman–Crippen MR) is 118 cm³/mol. The molecule has 0 saturated carbocycles. The summed E-state index contributed by atoms with van der Waals surface area (Å²) in [5, 5.41) is 9.97. The van der Waals surface area contributed by atoms with E-state index in [1.165, 1.54) is 0 Å². The van der Waals surface area contributed by atoms with Gasteiger partial charge >= 0.3 is 0 Å². The first kappa shape index (κ1) is 21.3. The number of carbonyl (C=O) groups is 2. The molecule has 6 nitrogen and oxygen atoms in total. The molecule has 3 rings (SSSR count). The van der Waals surface area contributed by atoms with Crippen molar-refractivity contribution in [2.75, 3.05) is 7.05 Å². The molecule has 0 radical (unpaired) electrons. The van der Waals surface area contributed by atoms with Crippen molar-refractivity contribution in [1.29, 1.82) is 0 Å². The number of hydrogen-bond donors (Lipinski definition) is 2. The molecule has 0 unspecified atom stereocenters. The van der Waals surface area contributed by atoms with E-state index in [0.717, 1.165) is 16.7 Å². The zero-order chi connectivity index (χ0) is 21.7. The van der Waals surface area contributed by atoms with E-state index in [4.69, 9.17) is 0 Å². The van der Waals surface area contributed by atoms with Gasteiger partial charge in [-0.2, -0.15) is 5.10 Å². The molecule has 0 aliphatic rings. The molecule has 0 bridgehead atoms. The molecule has 0 saturated heterocycles. The van der Waals surface area contributed by atoms with Crippen molar-refractivity contribution in [3.05, 3.63) is 77.5 Å². The summed E-state index contributed by atoms with van der Waals surface area (Å²) in [6.45, 7) is 6.65. The van der Waals surface area contributed by atoms with Crippen molar-refractivity contribution in [2.45, 2.75) is 33.9 Å². The molecule has 0 fully saturated rings. The Morgan fingerprint density at radius 1 is 1.00 bits per heavy atom. The van der Waals surface area contributed by atoms with Gasteiger partial charge in [0.1, 0.15) is 0 Å². The highest BCUT2D eigenvalue weighted by Gasteiger charge is 2.21. The first-order valence-electron chi connectivity index (χ1n) is 9.96. The Bertz CT molecular complexity index is 1000. The van der Waals surface area contributed by atoms with Crippen LogP contribution in [-0.4, -0.2) is 34.0 Å². The van der Waals surface area contributed by atoms with Crippen molar-refractivity contribution in [1.82, 2.24) is 20.4 Å². The number of H-pyrrole nitrogens is 1. The molecule has 0 spiro atoms. The van der Waals surface area contributed by atoms with E-state index in [1.54, 1.807) is 18.1 Å². The average molecular weight is 405 g/mol. The summed E-state index contributed by atoms with van der Waals surface area (Å²) in [5.74, 6) is -0.0846. The van der Waals surface area contributed by atoms with Gasteiger partial charge in [-0.15, -0.1) is 0 Å². The Kier molecular flexibility index (Phi) is 6.35. The fourth-order valence-electron chi connectivity index (χ4n) is 3.04. The number of amides is 2. The van der Waals surface area contributed by atoms with Crippen LogP contribution in [0.1, 0.15) is 42.3 Å². The summed E-state index contributed by atoms with van der Waals surface area (Å²) >= 11 is 0. The molecule has 2 amide bonds. The van der Waals surface area contributed by atoms with Crippen LogP contribution in [0, 0.1) is 5.41 Å². The van der Waals surface area contributed by atoms with Gasteiger partial charge in [-0.1, -0.05) is 75.4 Å². The molecule has 2 N–H and O–H groups in total. The van der Waals surface area contributed by atoms with Gasteiger partial charge in [-0.3, -0.25) is 14.7 Å². The maximum atomic E-state index is 13.0. The number of aromatic amines is 1.